The van der Waals surface area contributed by atoms with Gasteiger partial charge in [0, 0.05) is 13.0 Å². The van der Waals surface area contributed by atoms with E-state index >= 15 is 0 Å². The molecule has 1 N–H and O–H groups in total. The zero-order valence-corrected chi connectivity index (χ0v) is 19.4. The molecule has 168 valence electrons. The van der Waals surface area contributed by atoms with Crippen molar-refractivity contribution >= 4 is 52.2 Å². The minimum Gasteiger partial charge on any atom is -0.481 e. The van der Waals surface area contributed by atoms with E-state index in [1.807, 2.05) is 0 Å². The van der Waals surface area contributed by atoms with Crippen LogP contribution in [0.25, 0.3) is 6.08 Å². The number of unbranched alkanes of at least 4 members (excludes halogenated alkanes) is 7. The van der Waals surface area contributed by atoms with E-state index in [1.54, 1.807) is 35.2 Å². The lowest BCUT2D eigenvalue weighted by Crippen LogP contribution is -2.29. The average molecular weight is 464 g/mol. The van der Waals surface area contributed by atoms with Crippen molar-refractivity contribution in [3.05, 3.63) is 40.3 Å². The van der Waals surface area contributed by atoms with E-state index in [0.717, 1.165) is 56.9 Å². The van der Waals surface area contributed by atoms with Crippen LogP contribution >= 0.6 is 24.0 Å². The van der Waals surface area contributed by atoms with Gasteiger partial charge in [0.1, 0.15) is 4.32 Å². The molecule has 0 radical (unpaired) electrons. The van der Waals surface area contributed by atoms with Crippen LogP contribution in [0.3, 0.4) is 0 Å². The molecule has 6 nitrogen and oxygen atoms in total. The molecule has 1 heterocycles. The molecule has 2 rings (SSSR count). The van der Waals surface area contributed by atoms with E-state index < -0.39 is 11.9 Å². The zero-order chi connectivity index (χ0) is 22.6. The van der Waals surface area contributed by atoms with E-state index in [0.29, 0.717) is 21.3 Å². The highest BCUT2D eigenvalue weighted by Crippen LogP contribution is 2.32. The molecule has 0 atom stereocenters. The number of hydrogen-bond donors (Lipinski definition) is 1. The van der Waals surface area contributed by atoms with Gasteiger partial charge in [-0.15, -0.1) is 0 Å². The normalized spacial score (nSPS) is 15.0. The molecule has 0 bridgehead atoms. The number of thioether (sulfide) groups is 1. The van der Waals surface area contributed by atoms with Crippen molar-refractivity contribution in [2.45, 2.75) is 57.8 Å². The number of rotatable bonds is 13. The van der Waals surface area contributed by atoms with Crippen LogP contribution in [-0.2, 0) is 14.3 Å². The maximum atomic E-state index is 12.7. The van der Waals surface area contributed by atoms with Gasteiger partial charge in [-0.25, -0.2) is 4.79 Å². The lowest BCUT2D eigenvalue weighted by Gasteiger charge is -2.14. The topological polar surface area (TPSA) is 83.9 Å². The second-order valence-corrected chi connectivity index (χ2v) is 9.09. The van der Waals surface area contributed by atoms with Crippen LogP contribution in [0, 0.1) is 0 Å². The first kappa shape index (κ1) is 25.1. The summed E-state index contributed by atoms with van der Waals surface area (Å²) in [7, 11) is 1.34. The predicted molar refractivity (Wildman–Crippen MR) is 127 cm³/mol. The summed E-state index contributed by atoms with van der Waals surface area (Å²) in [6.07, 6.45) is 10.2. The maximum Gasteiger partial charge on any atom is 0.337 e. The number of aliphatic carboxylic acids is 1. The summed E-state index contributed by atoms with van der Waals surface area (Å²) in [5, 5.41) is 8.61. The van der Waals surface area contributed by atoms with Gasteiger partial charge in [0.05, 0.1) is 17.6 Å². The van der Waals surface area contributed by atoms with E-state index in [1.165, 1.54) is 18.9 Å². The molecule has 1 aliphatic heterocycles. The fraction of sp³-hybridized carbons (Fsp3) is 0.478. The summed E-state index contributed by atoms with van der Waals surface area (Å²) in [6, 6.07) is 6.90. The Morgan fingerprint density at radius 3 is 2.19 bits per heavy atom. The highest BCUT2D eigenvalue weighted by Gasteiger charge is 2.31. The van der Waals surface area contributed by atoms with E-state index in [9.17, 15) is 14.4 Å². The smallest absolute Gasteiger partial charge is 0.337 e. The van der Waals surface area contributed by atoms with Crippen molar-refractivity contribution in [2.24, 2.45) is 0 Å². The molecule has 1 fully saturated rings. The van der Waals surface area contributed by atoms with Gasteiger partial charge in [0.15, 0.2) is 0 Å². The van der Waals surface area contributed by atoms with Gasteiger partial charge in [-0.2, -0.15) is 0 Å². The van der Waals surface area contributed by atoms with Crippen molar-refractivity contribution in [3.63, 3.8) is 0 Å². The predicted octanol–water partition coefficient (Wildman–Crippen LogP) is 5.27. The number of thiocarbonyl (C=S) groups is 1. The minimum atomic E-state index is -0.720. The van der Waals surface area contributed by atoms with Crippen molar-refractivity contribution in [3.8, 4) is 0 Å². The molecule has 1 aromatic carbocycles. The monoisotopic (exact) mass is 463 g/mol. The van der Waals surface area contributed by atoms with Crippen LogP contribution in [0.1, 0.15) is 73.7 Å². The van der Waals surface area contributed by atoms with Crippen LogP contribution in [-0.4, -0.2) is 45.8 Å². The van der Waals surface area contributed by atoms with Crippen LogP contribution in [0.2, 0.25) is 0 Å². The standard InChI is InChI=1S/C23H29NO5S2/c1-29-22(28)18-13-11-17(12-14-18)16-19-21(27)24(23(30)31-19)15-9-7-5-3-2-4-6-8-10-20(25)26/h11-14,16H,2-10,15H2,1H3,(H,25,26). The molecule has 0 aliphatic carbocycles. The molecule has 0 spiro atoms. The number of benzene rings is 1. The number of amides is 1. The van der Waals surface area contributed by atoms with Crippen molar-refractivity contribution < 1.29 is 24.2 Å². The molecule has 1 aromatic rings. The largest absolute Gasteiger partial charge is 0.481 e. The summed E-state index contributed by atoms with van der Waals surface area (Å²) >= 11 is 6.69. The molecule has 31 heavy (non-hydrogen) atoms. The molecule has 0 saturated carbocycles. The number of carbonyl (C=O) groups excluding carboxylic acids is 2. The Kier molecular flexibility index (Phi) is 10.7. The number of methoxy groups -OCH3 is 1. The Morgan fingerprint density at radius 1 is 1.03 bits per heavy atom. The van der Waals surface area contributed by atoms with Gasteiger partial charge in [0.2, 0.25) is 0 Å². The van der Waals surface area contributed by atoms with Gasteiger partial charge >= 0.3 is 11.9 Å². The van der Waals surface area contributed by atoms with Crippen LogP contribution < -0.4 is 0 Å². The lowest BCUT2D eigenvalue weighted by molar-refractivity contribution is -0.137. The summed E-state index contributed by atoms with van der Waals surface area (Å²) in [6.45, 7) is 0.627. The van der Waals surface area contributed by atoms with Crippen LogP contribution in [0.5, 0.6) is 0 Å². The molecule has 8 heteroatoms. The molecule has 0 unspecified atom stereocenters. The fourth-order valence-corrected chi connectivity index (χ4v) is 4.59. The highest BCUT2D eigenvalue weighted by atomic mass is 32.2. The first-order valence-electron chi connectivity index (χ1n) is 10.6. The van der Waals surface area contributed by atoms with Crippen molar-refractivity contribution in [2.75, 3.05) is 13.7 Å². The van der Waals surface area contributed by atoms with Gasteiger partial charge in [-0.3, -0.25) is 14.5 Å². The van der Waals surface area contributed by atoms with Crippen LogP contribution in [0.15, 0.2) is 29.2 Å². The first-order chi connectivity index (χ1) is 14.9. The fourth-order valence-electron chi connectivity index (χ4n) is 3.28. The Hall–Kier alpha value is -2.19. The maximum absolute atomic E-state index is 12.7. The average Bonchev–Trinajstić information content (AvgIpc) is 3.01. The van der Waals surface area contributed by atoms with Crippen molar-refractivity contribution in [1.29, 1.82) is 0 Å². The molecular weight excluding hydrogens is 434 g/mol. The van der Waals surface area contributed by atoms with Gasteiger partial charge in [-0.05, 0) is 36.6 Å². The molecule has 0 aromatic heterocycles. The molecular formula is C23H29NO5S2. The third-order valence-electron chi connectivity index (χ3n) is 5.03. The van der Waals surface area contributed by atoms with Gasteiger partial charge in [-0.1, -0.05) is 74.6 Å². The van der Waals surface area contributed by atoms with E-state index in [4.69, 9.17) is 22.1 Å². The summed E-state index contributed by atoms with van der Waals surface area (Å²) in [5.41, 5.74) is 1.30. The first-order valence-corrected chi connectivity index (χ1v) is 11.8. The number of hydrogen-bond acceptors (Lipinski definition) is 6. The van der Waals surface area contributed by atoms with E-state index in [2.05, 4.69) is 0 Å². The summed E-state index contributed by atoms with van der Waals surface area (Å²) in [5.74, 6) is -1.18. The lowest BCUT2D eigenvalue weighted by atomic mass is 10.1. The summed E-state index contributed by atoms with van der Waals surface area (Å²) in [4.78, 5) is 36.9. The third-order valence-corrected chi connectivity index (χ3v) is 6.40. The number of nitrogens with zero attached hydrogens (tertiary/aromatic N) is 1. The second-order valence-electron chi connectivity index (χ2n) is 7.42. The molecule has 1 amide bonds. The number of carboxylic acid groups (broad SMARTS) is 1. The second kappa shape index (κ2) is 13.3. The third kappa shape index (κ3) is 8.45. The SMILES string of the molecule is COC(=O)c1ccc(C=C2SC(=S)N(CCCCCCCCCCC(=O)O)C2=O)cc1. The number of carbonyl (C=O) groups is 3. The number of carboxylic acids is 1. The number of esters is 1. The van der Waals surface area contributed by atoms with Gasteiger partial charge in [0.25, 0.3) is 5.91 Å². The zero-order valence-electron chi connectivity index (χ0n) is 17.8. The molecule has 1 aliphatic rings. The summed E-state index contributed by atoms with van der Waals surface area (Å²) < 4.78 is 5.27. The van der Waals surface area contributed by atoms with E-state index in [-0.39, 0.29) is 12.3 Å². The van der Waals surface area contributed by atoms with Gasteiger partial charge < -0.3 is 9.84 Å². The Morgan fingerprint density at radius 2 is 1.61 bits per heavy atom. The molecule has 1 saturated heterocycles. The Balaban J connectivity index is 1.70. The van der Waals surface area contributed by atoms with Crippen LogP contribution in [0.4, 0.5) is 0 Å². The Labute approximate surface area is 193 Å². The Bertz CT molecular complexity index is 820. The van der Waals surface area contributed by atoms with Crippen molar-refractivity contribution in [1.82, 2.24) is 4.90 Å². The minimum absolute atomic E-state index is 0.0644. The number of ether oxygens (including phenoxy) is 1. The quantitative estimate of drug-likeness (QED) is 0.185. The highest BCUT2D eigenvalue weighted by molar-refractivity contribution is 8.26.